The van der Waals surface area contributed by atoms with Crippen LogP contribution in [0.5, 0.6) is 0 Å². The van der Waals surface area contributed by atoms with E-state index >= 15 is 0 Å². The molecule has 0 spiro atoms. The summed E-state index contributed by atoms with van der Waals surface area (Å²) in [5, 5.41) is 0. The number of hydrogen-bond acceptors (Lipinski definition) is 3. The molecule has 1 saturated heterocycles. The minimum atomic E-state index is -0.980. The Morgan fingerprint density at radius 2 is 1.95 bits per heavy atom. The van der Waals surface area contributed by atoms with Gasteiger partial charge in [-0.1, -0.05) is 34.6 Å². The average Bonchev–Trinajstić information content (AvgIpc) is 2.83. The van der Waals surface area contributed by atoms with Crippen molar-refractivity contribution in [1.82, 2.24) is 0 Å². The molecular formula is C16H27NO3PU-. The van der Waals surface area contributed by atoms with Crippen molar-refractivity contribution in [3.8, 4) is 0 Å². The zero-order valence-electron chi connectivity index (χ0n) is 14.5. The molecule has 4 atom stereocenters. The predicted octanol–water partition coefficient (Wildman–Crippen LogP) is 4.27. The second kappa shape index (κ2) is 7.39. The van der Waals surface area contributed by atoms with Gasteiger partial charge < -0.3 is 18.6 Å². The van der Waals surface area contributed by atoms with Crippen molar-refractivity contribution in [2.75, 3.05) is 19.8 Å². The van der Waals surface area contributed by atoms with E-state index in [1.165, 1.54) is 0 Å². The van der Waals surface area contributed by atoms with E-state index in [-0.39, 0.29) is 59.6 Å². The van der Waals surface area contributed by atoms with Gasteiger partial charge in [-0.3, -0.25) is 0 Å². The van der Waals surface area contributed by atoms with Crippen LogP contribution >= 0.6 is 8.38 Å². The van der Waals surface area contributed by atoms with Crippen LogP contribution in [0.2, 0.25) is 0 Å². The molecule has 4 unspecified atom stereocenters. The first kappa shape index (κ1) is 20.9. The summed E-state index contributed by atoms with van der Waals surface area (Å²) in [6, 6.07) is 0. The third-order valence-electron chi connectivity index (χ3n) is 5.98. The van der Waals surface area contributed by atoms with Crippen molar-refractivity contribution in [3.63, 3.8) is 0 Å². The monoisotopic (exact) mass is 550 g/mol. The summed E-state index contributed by atoms with van der Waals surface area (Å²) < 4.78 is 18.1. The fourth-order valence-corrected chi connectivity index (χ4v) is 4.94. The molecule has 4 nitrogen and oxygen atoms in total. The van der Waals surface area contributed by atoms with Crippen LogP contribution < -0.4 is 0 Å². The number of fused-ring (bicyclic) bond motifs is 2. The molecule has 1 saturated carbocycles. The van der Waals surface area contributed by atoms with Gasteiger partial charge in [-0.05, 0) is 17.3 Å². The first-order valence-corrected chi connectivity index (χ1v) is 9.25. The molecule has 1 aliphatic heterocycles. The van der Waals surface area contributed by atoms with Gasteiger partial charge in [0.05, 0.1) is 11.7 Å². The van der Waals surface area contributed by atoms with Gasteiger partial charge in [-0.25, -0.2) is 13.2 Å². The number of ether oxygens (including phenoxy) is 1. The number of nitrogens with zero attached hydrogens (tertiary/aromatic N) is 1. The van der Waals surface area contributed by atoms with Crippen molar-refractivity contribution < 1.29 is 44.9 Å². The Balaban J connectivity index is 0.00000242. The van der Waals surface area contributed by atoms with E-state index in [4.69, 9.17) is 20.4 Å². The standard InChI is InChI=1S/C16H27NO3P.U/c1-8-16-13(20-21(7)19-10-9-17-6)12(11-18-16)14(2,3)15(16,4)5;/h11-13H,8-10H2,1-5,7H3;/q-1;. The molecular weight excluding hydrogens is 523 g/mol. The predicted molar refractivity (Wildman–Crippen MR) is 84.6 cm³/mol. The summed E-state index contributed by atoms with van der Waals surface area (Å²) in [7, 11) is -0.980. The van der Waals surface area contributed by atoms with Gasteiger partial charge in [-0.2, -0.15) is 0 Å². The van der Waals surface area contributed by atoms with Crippen LogP contribution in [0.15, 0.2) is 0 Å². The van der Waals surface area contributed by atoms with Crippen molar-refractivity contribution in [3.05, 3.63) is 18.0 Å². The first-order valence-electron chi connectivity index (χ1n) is 7.62. The van der Waals surface area contributed by atoms with Crippen molar-refractivity contribution in [2.24, 2.45) is 16.7 Å². The number of hydrogen-bond donors (Lipinski definition) is 0. The molecule has 0 aromatic rings. The van der Waals surface area contributed by atoms with Crippen LogP contribution in [0.1, 0.15) is 41.0 Å². The molecule has 2 fully saturated rings. The van der Waals surface area contributed by atoms with Gasteiger partial charge >= 0.3 is 0 Å². The topological polar surface area (TPSA) is 32.0 Å². The molecule has 2 aliphatic rings. The molecule has 2 bridgehead atoms. The minimum Gasteiger partial charge on any atom is -0.545 e. The molecule has 0 N–H and O–H groups in total. The third-order valence-corrected chi connectivity index (χ3v) is 7.05. The zero-order chi connectivity index (χ0) is 15.9. The molecule has 0 aromatic carbocycles. The summed E-state index contributed by atoms with van der Waals surface area (Å²) >= 11 is 0. The molecule has 1 aliphatic carbocycles. The summed E-state index contributed by atoms with van der Waals surface area (Å²) in [6.45, 7) is 23.0. The van der Waals surface area contributed by atoms with E-state index in [9.17, 15) is 0 Å². The van der Waals surface area contributed by atoms with Crippen molar-refractivity contribution in [2.45, 2.75) is 52.7 Å². The van der Waals surface area contributed by atoms with Crippen molar-refractivity contribution >= 4 is 8.38 Å². The van der Waals surface area contributed by atoms with Crippen LogP contribution in [0.25, 0.3) is 4.85 Å². The van der Waals surface area contributed by atoms with Gasteiger partial charge in [0.25, 0.3) is 0 Å². The number of rotatable bonds is 6. The van der Waals surface area contributed by atoms with E-state index in [2.05, 4.69) is 39.5 Å². The van der Waals surface area contributed by atoms with Gasteiger partial charge in [-0.15, -0.1) is 5.92 Å². The van der Waals surface area contributed by atoms with E-state index < -0.39 is 8.38 Å². The second-order valence-corrected chi connectivity index (χ2v) is 8.40. The van der Waals surface area contributed by atoms with Crippen LogP contribution in [-0.2, 0) is 13.8 Å². The fourth-order valence-electron chi connectivity index (χ4n) is 3.92. The van der Waals surface area contributed by atoms with E-state index in [1.807, 2.05) is 13.3 Å². The van der Waals surface area contributed by atoms with Crippen LogP contribution in [0.4, 0.5) is 0 Å². The van der Waals surface area contributed by atoms with Gasteiger partial charge in [0.2, 0.25) is 6.54 Å². The second-order valence-electron chi connectivity index (χ2n) is 7.05. The van der Waals surface area contributed by atoms with Gasteiger partial charge in [0.15, 0.2) is 8.38 Å². The first-order chi connectivity index (χ1) is 9.74. The van der Waals surface area contributed by atoms with Crippen molar-refractivity contribution in [1.29, 1.82) is 0 Å². The minimum absolute atomic E-state index is 0. The summed E-state index contributed by atoms with van der Waals surface area (Å²) in [6.07, 6.45) is 0.961. The Morgan fingerprint density at radius 3 is 2.50 bits per heavy atom. The Morgan fingerprint density at radius 1 is 1.32 bits per heavy atom. The molecule has 124 valence electrons. The Labute approximate surface area is 160 Å². The molecule has 0 amide bonds. The maximum absolute atomic E-state index is 6.80. The molecule has 22 heavy (non-hydrogen) atoms. The zero-order valence-corrected chi connectivity index (χ0v) is 19.5. The third kappa shape index (κ3) is 2.94. The van der Waals surface area contributed by atoms with Crippen LogP contribution in [0.3, 0.4) is 0 Å². The largest absolute Gasteiger partial charge is 0.545 e. The summed E-state index contributed by atoms with van der Waals surface area (Å²) in [5.41, 5.74) is -0.120. The molecule has 0 aromatic heterocycles. The maximum Gasteiger partial charge on any atom is 0.238 e. The molecule has 6 heteroatoms. The van der Waals surface area contributed by atoms with E-state index in [0.717, 1.165) is 6.42 Å². The fraction of sp³-hybridized carbons (Fsp3) is 0.875. The Hall–Kier alpha value is 0.852. The summed E-state index contributed by atoms with van der Waals surface area (Å²) in [5.74, 6) is 0.280. The van der Waals surface area contributed by atoms with E-state index in [1.54, 1.807) is 0 Å². The maximum atomic E-state index is 6.80. The molecule has 2 rings (SSSR count). The average molecular weight is 550 g/mol. The SMILES string of the molecule is [C-]#[N+]CCOP(C)OC1C2[CH-]OC1(CC)C(C)(C)C2(C)C.[U]. The molecule has 0 radical (unpaired) electrons. The molecule has 1 heterocycles. The Kier molecular flexibility index (Phi) is 7.02. The van der Waals surface area contributed by atoms with Crippen LogP contribution in [-0.4, -0.2) is 31.5 Å². The van der Waals surface area contributed by atoms with Crippen LogP contribution in [0, 0.1) is 61.0 Å². The summed E-state index contributed by atoms with van der Waals surface area (Å²) in [4.78, 5) is 3.31. The van der Waals surface area contributed by atoms with E-state index in [0.29, 0.717) is 13.2 Å². The van der Waals surface area contributed by atoms with Gasteiger partial charge in [0, 0.05) is 37.8 Å². The quantitative estimate of drug-likeness (QED) is 0.282. The Bertz CT molecular complexity index is 438. The smallest absolute Gasteiger partial charge is 0.238 e. The van der Waals surface area contributed by atoms with Gasteiger partial charge in [0.1, 0.15) is 6.61 Å². The normalized spacial score (nSPS) is 35.7.